The van der Waals surface area contributed by atoms with Gasteiger partial charge < -0.3 is 64.2 Å². The molecule has 310 valence electrons. The van der Waals surface area contributed by atoms with Crippen LogP contribution in [0.4, 0.5) is 0 Å². The number of hydrogen-bond donors (Lipinski definition) is 7. The monoisotopic (exact) mass is 764 g/mol. The van der Waals surface area contributed by atoms with Crippen LogP contribution in [0.3, 0.4) is 0 Å². The Morgan fingerprint density at radius 1 is 0.585 bits per heavy atom. The Hall–Kier alpha value is -1.76. The summed E-state index contributed by atoms with van der Waals surface area (Å²) in [5, 5.41) is 71.5. The van der Waals surface area contributed by atoms with Gasteiger partial charge in [0.25, 0.3) is 0 Å². The van der Waals surface area contributed by atoms with Gasteiger partial charge in [-0.2, -0.15) is 0 Å². The highest BCUT2D eigenvalue weighted by Gasteiger charge is 2.47. The molecule has 0 spiro atoms. The molecule has 2 aliphatic heterocycles. The molecule has 15 heteroatoms. The number of hydrogen-bond acceptors (Lipinski definition) is 15. The summed E-state index contributed by atoms with van der Waals surface area (Å²) < 4.78 is 33.2. The van der Waals surface area contributed by atoms with Gasteiger partial charge in [-0.1, -0.05) is 90.2 Å². The molecule has 0 aromatic heterocycles. The van der Waals surface area contributed by atoms with Crippen molar-refractivity contribution in [3.63, 3.8) is 0 Å². The highest BCUT2D eigenvalue weighted by molar-refractivity contribution is 5.70. The Balaban J connectivity index is 1.92. The highest BCUT2D eigenvalue weighted by atomic mass is 16.7. The molecule has 0 bridgehead atoms. The second-order valence-electron chi connectivity index (χ2n) is 14.1. The number of aliphatic hydroxyl groups excluding tert-OH is 7. The van der Waals surface area contributed by atoms with E-state index in [-0.39, 0.29) is 26.1 Å². The first kappa shape index (κ1) is 47.4. The van der Waals surface area contributed by atoms with E-state index in [1.165, 1.54) is 12.8 Å². The van der Waals surface area contributed by atoms with Crippen LogP contribution in [0.1, 0.15) is 123 Å². The van der Waals surface area contributed by atoms with Crippen molar-refractivity contribution in [1.29, 1.82) is 0 Å². The molecule has 0 radical (unpaired) electrons. The minimum atomic E-state index is -1.76. The third-order valence-corrected chi connectivity index (χ3v) is 9.47. The van der Waals surface area contributed by atoms with Gasteiger partial charge in [-0.25, -0.2) is 0 Å². The first-order valence-electron chi connectivity index (χ1n) is 19.8. The Kier molecular flexibility index (Phi) is 24.8. The van der Waals surface area contributed by atoms with Crippen molar-refractivity contribution >= 4 is 11.9 Å². The van der Waals surface area contributed by atoms with Crippen molar-refractivity contribution in [2.45, 2.75) is 191 Å². The zero-order valence-corrected chi connectivity index (χ0v) is 31.8. The predicted molar refractivity (Wildman–Crippen MR) is 192 cm³/mol. The number of esters is 2. The molecule has 2 saturated heterocycles. The van der Waals surface area contributed by atoms with Crippen molar-refractivity contribution in [2.24, 2.45) is 0 Å². The first-order chi connectivity index (χ1) is 25.5. The Morgan fingerprint density at radius 3 is 1.74 bits per heavy atom. The topological polar surface area (TPSA) is 231 Å². The normalized spacial score (nSPS) is 29.7. The Labute approximate surface area is 314 Å². The van der Waals surface area contributed by atoms with E-state index in [1.54, 1.807) is 0 Å². The summed E-state index contributed by atoms with van der Waals surface area (Å²) in [4.78, 5) is 25.3. The molecule has 0 aromatic rings. The van der Waals surface area contributed by atoms with Crippen LogP contribution in [-0.4, -0.2) is 142 Å². The minimum absolute atomic E-state index is 0.156. The van der Waals surface area contributed by atoms with Crippen LogP contribution >= 0.6 is 0 Å². The van der Waals surface area contributed by atoms with E-state index in [4.69, 9.17) is 28.4 Å². The van der Waals surface area contributed by atoms with Gasteiger partial charge in [-0.05, 0) is 32.1 Å². The summed E-state index contributed by atoms with van der Waals surface area (Å²) >= 11 is 0. The summed E-state index contributed by atoms with van der Waals surface area (Å²) in [6.07, 6.45) is 3.10. The fourth-order valence-corrected chi connectivity index (χ4v) is 6.10. The van der Waals surface area contributed by atoms with Crippen LogP contribution < -0.4 is 0 Å². The SMILES string of the molecule is CCC/C=C\CCCCCCCC(=O)OC(COC(=O)CCCCCCCCC)COC1OC(COC2OC(CO)C(O)C(O)C2O)C(O)C(O)C1O. The third kappa shape index (κ3) is 18.2. The molecule has 11 unspecified atom stereocenters. The second kappa shape index (κ2) is 27.8. The Bertz CT molecular complexity index is 997. The maximum Gasteiger partial charge on any atom is 0.306 e. The number of unbranched alkanes of at least 4 members (excludes halogenated alkanes) is 12. The van der Waals surface area contributed by atoms with Crippen LogP contribution in [-0.2, 0) is 38.0 Å². The van der Waals surface area contributed by atoms with E-state index in [9.17, 15) is 45.3 Å². The number of aliphatic hydroxyl groups is 7. The van der Waals surface area contributed by atoms with Crippen LogP contribution in [0, 0.1) is 0 Å². The van der Waals surface area contributed by atoms with Gasteiger partial charge >= 0.3 is 11.9 Å². The zero-order valence-electron chi connectivity index (χ0n) is 31.8. The van der Waals surface area contributed by atoms with E-state index in [2.05, 4.69) is 26.0 Å². The van der Waals surface area contributed by atoms with Crippen LogP contribution in [0.5, 0.6) is 0 Å². The number of allylic oxidation sites excluding steroid dienone is 2. The third-order valence-electron chi connectivity index (χ3n) is 9.47. The van der Waals surface area contributed by atoms with Gasteiger partial charge in [-0.15, -0.1) is 0 Å². The molecule has 15 nitrogen and oxygen atoms in total. The minimum Gasteiger partial charge on any atom is -0.462 e. The highest BCUT2D eigenvalue weighted by Crippen LogP contribution is 2.26. The van der Waals surface area contributed by atoms with Crippen molar-refractivity contribution < 1.29 is 73.8 Å². The fraction of sp³-hybridized carbons (Fsp3) is 0.895. The zero-order chi connectivity index (χ0) is 39.0. The quantitative estimate of drug-likeness (QED) is 0.0344. The summed E-state index contributed by atoms with van der Waals surface area (Å²) in [6.45, 7) is 2.41. The van der Waals surface area contributed by atoms with Crippen molar-refractivity contribution in [3.05, 3.63) is 12.2 Å². The molecule has 0 amide bonds. The molecule has 53 heavy (non-hydrogen) atoms. The average molecular weight is 765 g/mol. The van der Waals surface area contributed by atoms with Gasteiger partial charge in [0.2, 0.25) is 0 Å². The molecular formula is C38H68O15. The number of rotatable bonds is 28. The van der Waals surface area contributed by atoms with E-state index < -0.39 is 92.7 Å². The number of carbonyl (C=O) groups excluding carboxylic acids is 2. The summed E-state index contributed by atoms with van der Waals surface area (Å²) in [6, 6.07) is 0. The molecule has 7 N–H and O–H groups in total. The van der Waals surface area contributed by atoms with E-state index in [0.29, 0.717) is 12.8 Å². The lowest BCUT2D eigenvalue weighted by Gasteiger charge is -2.42. The fourth-order valence-electron chi connectivity index (χ4n) is 6.10. The molecule has 0 aliphatic carbocycles. The van der Waals surface area contributed by atoms with Gasteiger partial charge in [-0.3, -0.25) is 9.59 Å². The van der Waals surface area contributed by atoms with Crippen LogP contribution in [0.25, 0.3) is 0 Å². The number of ether oxygens (including phenoxy) is 6. The van der Waals surface area contributed by atoms with Crippen molar-refractivity contribution in [2.75, 3.05) is 26.4 Å². The summed E-state index contributed by atoms with van der Waals surface area (Å²) in [7, 11) is 0. The van der Waals surface area contributed by atoms with E-state index >= 15 is 0 Å². The predicted octanol–water partition coefficient (Wildman–Crippen LogP) is 2.31. The van der Waals surface area contributed by atoms with E-state index in [0.717, 1.165) is 70.6 Å². The smallest absolute Gasteiger partial charge is 0.306 e. The van der Waals surface area contributed by atoms with Crippen LogP contribution in [0.15, 0.2) is 12.2 Å². The molecule has 11 atom stereocenters. The van der Waals surface area contributed by atoms with Crippen molar-refractivity contribution in [3.8, 4) is 0 Å². The average Bonchev–Trinajstić information content (AvgIpc) is 3.15. The maximum atomic E-state index is 12.8. The molecule has 2 rings (SSSR count). The van der Waals surface area contributed by atoms with Crippen LogP contribution in [0.2, 0.25) is 0 Å². The molecule has 2 heterocycles. The molecular weight excluding hydrogens is 696 g/mol. The Morgan fingerprint density at radius 2 is 1.11 bits per heavy atom. The van der Waals surface area contributed by atoms with E-state index in [1.807, 2.05) is 0 Å². The second-order valence-corrected chi connectivity index (χ2v) is 14.1. The van der Waals surface area contributed by atoms with Gasteiger partial charge in [0.15, 0.2) is 18.7 Å². The van der Waals surface area contributed by atoms with Gasteiger partial charge in [0, 0.05) is 12.8 Å². The lowest BCUT2D eigenvalue weighted by atomic mass is 9.98. The lowest BCUT2D eigenvalue weighted by Crippen LogP contribution is -2.61. The molecule has 2 aliphatic rings. The summed E-state index contributed by atoms with van der Waals surface area (Å²) in [5.74, 6) is -0.947. The standard InChI is InChI=1S/C38H68O15/c1-3-5-7-9-11-12-13-15-17-19-21-30(41)51-26(23-48-29(40)20-18-16-14-10-8-6-4-2)24-49-37-36(47)34(45)32(43)28(53-37)25-50-38-35(46)33(44)31(42)27(22-39)52-38/h7,9,26-28,31-39,42-47H,3-6,8,10-25H2,1-2H3/b9-7-. The molecule has 0 saturated carbocycles. The summed E-state index contributed by atoms with van der Waals surface area (Å²) in [5.41, 5.74) is 0. The molecule has 0 aromatic carbocycles. The first-order valence-corrected chi connectivity index (χ1v) is 19.8. The number of carbonyl (C=O) groups is 2. The maximum absolute atomic E-state index is 12.8. The largest absolute Gasteiger partial charge is 0.462 e. The lowest BCUT2D eigenvalue weighted by molar-refractivity contribution is -0.332. The van der Waals surface area contributed by atoms with Gasteiger partial charge in [0.05, 0.1) is 19.8 Å². The molecule has 2 fully saturated rings. The van der Waals surface area contributed by atoms with Crippen molar-refractivity contribution in [1.82, 2.24) is 0 Å². The van der Waals surface area contributed by atoms with Gasteiger partial charge in [0.1, 0.15) is 55.4 Å².